The summed E-state index contributed by atoms with van der Waals surface area (Å²) in [5.41, 5.74) is 0. The summed E-state index contributed by atoms with van der Waals surface area (Å²) in [4.78, 5) is 21.3. The molecule has 0 aliphatic rings. The first-order valence-electron chi connectivity index (χ1n) is 9.74. The van der Waals surface area contributed by atoms with E-state index in [0.29, 0.717) is 6.61 Å². The molecule has 0 heterocycles. The Hall–Kier alpha value is -0.320. The summed E-state index contributed by atoms with van der Waals surface area (Å²) in [6.07, 6.45) is 19.8. The van der Waals surface area contributed by atoms with Crippen molar-refractivity contribution in [3.63, 3.8) is 0 Å². The van der Waals surface area contributed by atoms with Crippen molar-refractivity contribution in [1.82, 2.24) is 0 Å². The number of hydrogen-bond acceptors (Lipinski definition) is 3. The quantitative estimate of drug-likeness (QED) is 0.187. The molecule has 0 amide bonds. The van der Waals surface area contributed by atoms with E-state index >= 15 is 0 Å². The molecule has 0 fully saturated rings. The predicted molar refractivity (Wildman–Crippen MR) is 99.2 cm³/mol. The number of ether oxygens (including phenoxy) is 1. The van der Waals surface area contributed by atoms with Crippen molar-refractivity contribution < 1.29 is 50.4 Å². The van der Waals surface area contributed by atoms with Gasteiger partial charge in [-0.3, -0.25) is 0 Å². The van der Waals surface area contributed by atoms with Crippen LogP contribution in [0.3, 0.4) is 0 Å². The monoisotopic (exact) mass is 364 g/mol. The van der Waals surface area contributed by atoms with Crippen LogP contribution in [0.2, 0.25) is 0 Å². The van der Waals surface area contributed by atoms with E-state index in [1.165, 1.54) is 77.0 Å². The number of carbonyl (C=O) groups excluding carboxylic acids is 1. The molecule has 25 heavy (non-hydrogen) atoms. The van der Waals surface area contributed by atoms with Crippen LogP contribution in [0.25, 0.3) is 0 Å². The van der Waals surface area contributed by atoms with Crippen molar-refractivity contribution in [1.29, 1.82) is 0 Å². The Morgan fingerprint density at radius 3 is 1.56 bits per heavy atom. The normalized spacial score (nSPS) is 10.6. The second-order valence-electron chi connectivity index (χ2n) is 6.44. The molecule has 0 unspecified atom stereocenters. The van der Waals surface area contributed by atoms with Gasteiger partial charge in [0.15, 0.2) is 0 Å². The van der Waals surface area contributed by atoms with Crippen molar-refractivity contribution >= 4 is 11.9 Å². The van der Waals surface area contributed by atoms with Gasteiger partial charge in [0.1, 0.15) is 0 Å². The average molecular weight is 365 g/mol. The van der Waals surface area contributed by atoms with Gasteiger partial charge in [-0.25, -0.2) is 9.59 Å². The second kappa shape index (κ2) is 21.7. The van der Waals surface area contributed by atoms with Gasteiger partial charge in [0.2, 0.25) is 0 Å². The topological polar surface area (TPSA) is 63.6 Å². The first kappa shape index (κ1) is 26.9. The van der Waals surface area contributed by atoms with Crippen molar-refractivity contribution in [3.8, 4) is 0 Å². The maximum atomic E-state index is 11.1. The summed E-state index contributed by atoms with van der Waals surface area (Å²) >= 11 is 0. The zero-order valence-electron chi connectivity index (χ0n) is 17.4. The van der Waals surface area contributed by atoms with E-state index in [1.807, 2.05) is 0 Å². The Bertz CT molecular complexity index is 349. The third-order valence-corrected chi connectivity index (χ3v) is 4.10. The number of carbonyl (C=O) groups is 2. The Morgan fingerprint density at radius 1 is 0.760 bits per heavy atom. The zero-order valence-corrected chi connectivity index (χ0v) is 18.4. The van der Waals surface area contributed by atoms with E-state index in [4.69, 9.17) is 9.84 Å². The van der Waals surface area contributed by atoms with Crippen LogP contribution in [0.1, 0.15) is 98.2 Å². The SMILES string of the molecule is CCCCCCCCCCCCCCCCOC(=O)/C=C/C(=O)O.[H-].[Na+]. The van der Waals surface area contributed by atoms with Crippen LogP contribution in [0.5, 0.6) is 0 Å². The van der Waals surface area contributed by atoms with Crippen molar-refractivity contribution in [2.75, 3.05) is 6.61 Å². The Kier molecular flexibility index (Phi) is 23.4. The van der Waals surface area contributed by atoms with E-state index in [-0.39, 0.29) is 31.0 Å². The van der Waals surface area contributed by atoms with Crippen LogP contribution in [-0.4, -0.2) is 23.7 Å². The molecule has 0 aliphatic carbocycles. The summed E-state index contributed by atoms with van der Waals surface area (Å²) < 4.78 is 4.91. The molecular weight excluding hydrogens is 327 g/mol. The molecule has 0 spiro atoms. The number of unbranched alkanes of at least 4 members (excludes halogenated alkanes) is 13. The fraction of sp³-hybridized carbons (Fsp3) is 0.800. The minimum Gasteiger partial charge on any atom is -1.00 e. The third-order valence-electron chi connectivity index (χ3n) is 4.10. The first-order valence-corrected chi connectivity index (χ1v) is 9.74. The van der Waals surface area contributed by atoms with Gasteiger partial charge in [-0.05, 0) is 6.42 Å². The van der Waals surface area contributed by atoms with Crippen LogP contribution in [-0.2, 0) is 14.3 Å². The molecule has 142 valence electrons. The van der Waals surface area contributed by atoms with E-state index in [1.54, 1.807) is 0 Å². The fourth-order valence-corrected chi connectivity index (χ4v) is 2.66. The number of esters is 1. The molecule has 0 aromatic rings. The Balaban J connectivity index is -0.00000264. The summed E-state index contributed by atoms with van der Waals surface area (Å²) in [6.45, 7) is 2.63. The molecular formula is C20H37NaO4. The van der Waals surface area contributed by atoms with Gasteiger partial charge in [0.25, 0.3) is 0 Å². The second-order valence-corrected chi connectivity index (χ2v) is 6.44. The van der Waals surface area contributed by atoms with Crippen LogP contribution < -0.4 is 29.6 Å². The van der Waals surface area contributed by atoms with Gasteiger partial charge in [-0.15, -0.1) is 0 Å². The molecule has 0 saturated heterocycles. The first-order chi connectivity index (χ1) is 11.7. The molecule has 0 aliphatic heterocycles. The molecule has 0 rings (SSSR count). The summed E-state index contributed by atoms with van der Waals surface area (Å²) in [5, 5.41) is 8.37. The average Bonchev–Trinajstić information content (AvgIpc) is 2.56. The number of rotatable bonds is 17. The van der Waals surface area contributed by atoms with Gasteiger partial charge in [0.05, 0.1) is 6.61 Å². The molecule has 0 aromatic carbocycles. The van der Waals surface area contributed by atoms with E-state index in [9.17, 15) is 9.59 Å². The van der Waals surface area contributed by atoms with Gasteiger partial charge in [-0.1, -0.05) is 90.4 Å². The standard InChI is InChI=1S/C20H36O4.Na.H/c1-2-3-4-5-6-7-8-9-10-11-12-13-14-15-18-24-20(23)17-16-19(21)22;;/h16-17H,2-15,18H2,1H3,(H,21,22);;/q;+1;-1/b17-16+;;. The molecule has 0 bridgehead atoms. The van der Waals surface area contributed by atoms with Crippen molar-refractivity contribution in [2.24, 2.45) is 0 Å². The zero-order chi connectivity index (χ0) is 17.9. The van der Waals surface area contributed by atoms with Crippen LogP contribution >= 0.6 is 0 Å². The van der Waals surface area contributed by atoms with Gasteiger partial charge < -0.3 is 11.3 Å². The van der Waals surface area contributed by atoms with E-state index in [0.717, 1.165) is 25.0 Å². The largest absolute Gasteiger partial charge is 1.00 e. The number of carboxylic acid groups (broad SMARTS) is 1. The molecule has 1 N–H and O–H groups in total. The summed E-state index contributed by atoms with van der Waals surface area (Å²) in [5.74, 6) is -1.71. The summed E-state index contributed by atoms with van der Waals surface area (Å²) in [6, 6.07) is 0. The molecule has 4 nitrogen and oxygen atoms in total. The molecule has 0 atom stereocenters. The Labute approximate surface area is 177 Å². The Morgan fingerprint density at radius 2 is 1.16 bits per heavy atom. The van der Waals surface area contributed by atoms with Gasteiger partial charge in [-0.2, -0.15) is 0 Å². The van der Waals surface area contributed by atoms with Crippen molar-refractivity contribution in [2.45, 2.75) is 96.8 Å². The van der Waals surface area contributed by atoms with Gasteiger partial charge >= 0.3 is 41.5 Å². The van der Waals surface area contributed by atoms with Crippen molar-refractivity contribution in [3.05, 3.63) is 12.2 Å². The number of carboxylic acids is 1. The minimum atomic E-state index is -1.14. The third kappa shape index (κ3) is 23.7. The van der Waals surface area contributed by atoms with E-state index < -0.39 is 11.9 Å². The molecule has 5 heteroatoms. The van der Waals surface area contributed by atoms with Crippen LogP contribution in [0, 0.1) is 0 Å². The fourth-order valence-electron chi connectivity index (χ4n) is 2.66. The predicted octanol–water partition coefficient (Wildman–Crippen LogP) is 2.77. The molecule has 0 radical (unpaired) electrons. The smallest absolute Gasteiger partial charge is 1.00 e. The number of aliphatic carboxylic acids is 1. The minimum absolute atomic E-state index is 0. The summed E-state index contributed by atoms with van der Waals surface area (Å²) in [7, 11) is 0. The maximum Gasteiger partial charge on any atom is 1.00 e. The van der Waals surface area contributed by atoms with Crippen LogP contribution in [0.4, 0.5) is 0 Å². The molecule has 0 aromatic heterocycles. The van der Waals surface area contributed by atoms with E-state index in [2.05, 4.69) is 6.92 Å². The van der Waals surface area contributed by atoms with Gasteiger partial charge in [0, 0.05) is 12.2 Å². The van der Waals surface area contributed by atoms with Crippen LogP contribution in [0.15, 0.2) is 12.2 Å². The maximum absolute atomic E-state index is 11.1. The molecule has 0 saturated carbocycles. The number of hydrogen-bond donors (Lipinski definition) is 1.